The van der Waals surface area contributed by atoms with Gasteiger partial charge < -0.3 is 9.47 Å². The van der Waals surface area contributed by atoms with Crippen LogP contribution in [0.2, 0.25) is 0 Å². The molecule has 0 radical (unpaired) electrons. The average Bonchev–Trinajstić information content (AvgIpc) is 2.97. The number of ketones is 1. The van der Waals surface area contributed by atoms with Crippen molar-refractivity contribution < 1.29 is 14.3 Å². The second-order valence-corrected chi connectivity index (χ2v) is 6.97. The molecule has 2 atom stereocenters. The first kappa shape index (κ1) is 20.2. The minimum Gasteiger partial charge on any atom is -0.493 e. The molecule has 4 nitrogen and oxygen atoms in total. The van der Waals surface area contributed by atoms with Crippen molar-refractivity contribution in [3.8, 4) is 11.5 Å². The Morgan fingerprint density at radius 1 is 1.12 bits per heavy atom. The Balaban J connectivity index is 0.00000109. The van der Waals surface area contributed by atoms with Crippen LogP contribution in [0.5, 0.6) is 11.5 Å². The summed E-state index contributed by atoms with van der Waals surface area (Å²) in [5, 5.41) is 0. The number of likely N-dealkylation sites (tertiary alicyclic amines) is 1. The monoisotopic (exact) mass is 365 g/mol. The van der Waals surface area contributed by atoms with Gasteiger partial charge in [0, 0.05) is 17.8 Å². The Hall–Kier alpha value is -1.12. The number of piperidine rings is 1. The molecule has 1 saturated heterocycles. The molecule has 1 aliphatic heterocycles. The molecule has 3 rings (SSSR count). The predicted octanol–water partition coefficient (Wildman–Crippen LogP) is 4.02. The molecule has 0 spiro atoms. The summed E-state index contributed by atoms with van der Waals surface area (Å²) < 4.78 is 10.7. The summed E-state index contributed by atoms with van der Waals surface area (Å²) in [5.74, 6) is 2.46. The second-order valence-electron chi connectivity index (χ2n) is 6.61. The maximum absolute atomic E-state index is 12.7. The minimum atomic E-state index is 0.134. The number of carbonyl (C=O) groups is 1. The number of Topliss-reactive ketones (excluding diaryl/α,β-unsaturated/α-hetero) is 1. The van der Waals surface area contributed by atoms with Crippen LogP contribution >= 0.6 is 9.24 Å². The Bertz CT molecular complexity index is 583. The first-order valence-electron chi connectivity index (χ1n) is 9.37. The van der Waals surface area contributed by atoms with Gasteiger partial charge in [-0.1, -0.05) is 13.8 Å². The highest BCUT2D eigenvalue weighted by Crippen LogP contribution is 2.39. The summed E-state index contributed by atoms with van der Waals surface area (Å²) in [7, 11) is 6.05. The number of hydrogen-bond donors (Lipinski definition) is 0. The average molecular weight is 365 g/mol. The highest BCUT2D eigenvalue weighted by Gasteiger charge is 2.34. The Morgan fingerprint density at radius 3 is 2.28 bits per heavy atom. The molecule has 2 aliphatic rings. The lowest BCUT2D eigenvalue weighted by molar-refractivity contribution is 0.0901. The van der Waals surface area contributed by atoms with Gasteiger partial charge in [0.1, 0.15) is 0 Å². The van der Waals surface area contributed by atoms with Gasteiger partial charge in [-0.25, -0.2) is 0 Å². The highest BCUT2D eigenvalue weighted by atomic mass is 31.0. The van der Waals surface area contributed by atoms with E-state index in [0.29, 0.717) is 17.4 Å². The second kappa shape index (κ2) is 9.54. The van der Waals surface area contributed by atoms with E-state index in [9.17, 15) is 4.79 Å². The fourth-order valence-corrected chi connectivity index (χ4v) is 4.26. The number of methoxy groups -OCH3 is 2. The molecule has 0 saturated carbocycles. The van der Waals surface area contributed by atoms with E-state index in [0.717, 1.165) is 43.3 Å². The standard InChI is InChI=1S/C18H26NO3P.C2H6/c1-21-16-9-13-8-14(18(20)15(13)10-17(16)22-2)7-12-3-5-19(11-23)6-4-12;1-2/h9-10,12,14H,3-8,11,23H2,1-2H3;1-2H3. The topological polar surface area (TPSA) is 38.8 Å². The summed E-state index contributed by atoms with van der Waals surface area (Å²) in [4.78, 5) is 15.2. The van der Waals surface area contributed by atoms with Gasteiger partial charge in [-0.05, 0) is 62.4 Å². The lowest BCUT2D eigenvalue weighted by Gasteiger charge is -2.31. The summed E-state index contributed by atoms with van der Waals surface area (Å²) in [6.45, 7) is 6.31. The summed E-state index contributed by atoms with van der Waals surface area (Å²) in [6.07, 6.45) is 5.34. The molecule has 1 aromatic rings. The molecule has 0 amide bonds. The molecule has 140 valence electrons. The van der Waals surface area contributed by atoms with Crippen molar-refractivity contribution in [3.05, 3.63) is 23.3 Å². The van der Waals surface area contributed by atoms with E-state index >= 15 is 0 Å². The van der Waals surface area contributed by atoms with Crippen molar-refractivity contribution in [2.75, 3.05) is 33.6 Å². The molecule has 0 bridgehead atoms. The van der Waals surface area contributed by atoms with Crippen LogP contribution in [-0.4, -0.2) is 44.3 Å². The van der Waals surface area contributed by atoms with E-state index in [2.05, 4.69) is 14.1 Å². The van der Waals surface area contributed by atoms with Crippen molar-refractivity contribution in [2.24, 2.45) is 11.8 Å². The molecule has 2 unspecified atom stereocenters. The zero-order valence-corrected chi connectivity index (χ0v) is 17.2. The molecule has 1 heterocycles. The number of nitrogens with zero attached hydrogens (tertiary/aromatic N) is 1. The van der Waals surface area contributed by atoms with Crippen molar-refractivity contribution in [2.45, 2.75) is 39.5 Å². The van der Waals surface area contributed by atoms with Crippen LogP contribution in [0.15, 0.2) is 12.1 Å². The van der Waals surface area contributed by atoms with E-state index in [1.165, 1.54) is 12.8 Å². The van der Waals surface area contributed by atoms with Crippen LogP contribution in [-0.2, 0) is 6.42 Å². The van der Waals surface area contributed by atoms with Crippen LogP contribution in [0.25, 0.3) is 0 Å². The molecule has 1 aliphatic carbocycles. The highest BCUT2D eigenvalue weighted by molar-refractivity contribution is 7.16. The van der Waals surface area contributed by atoms with Gasteiger partial charge in [-0.2, -0.15) is 0 Å². The Labute approximate surface area is 154 Å². The molecule has 0 N–H and O–H groups in total. The van der Waals surface area contributed by atoms with Crippen molar-refractivity contribution >= 4 is 15.0 Å². The number of ether oxygens (including phenoxy) is 2. The van der Waals surface area contributed by atoms with Gasteiger partial charge in [0.15, 0.2) is 17.3 Å². The van der Waals surface area contributed by atoms with Crippen LogP contribution in [0, 0.1) is 11.8 Å². The maximum atomic E-state index is 12.7. The van der Waals surface area contributed by atoms with Gasteiger partial charge in [-0.15, -0.1) is 9.24 Å². The van der Waals surface area contributed by atoms with Crippen LogP contribution in [0.3, 0.4) is 0 Å². The third-order valence-corrected chi connectivity index (χ3v) is 5.81. The van der Waals surface area contributed by atoms with E-state index < -0.39 is 0 Å². The fraction of sp³-hybridized carbons (Fsp3) is 0.650. The Kier molecular flexibility index (Phi) is 7.71. The minimum absolute atomic E-state index is 0.134. The molecule has 1 fully saturated rings. The zero-order valence-electron chi connectivity index (χ0n) is 16.0. The molecule has 1 aromatic carbocycles. The van der Waals surface area contributed by atoms with E-state index in [1.54, 1.807) is 14.2 Å². The van der Waals surface area contributed by atoms with Gasteiger partial charge in [-0.3, -0.25) is 9.69 Å². The summed E-state index contributed by atoms with van der Waals surface area (Å²) >= 11 is 0. The molecular formula is C20H32NO3P. The number of rotatable bonds is 5. The predicted molar refractivity (Wildman–Crippen MR) is 106 cm³/mol. The van der Waals surface area contributed by atoms with Crippen molar-refractivity contribution in [3.63, 3.8) is 0 Å². The molecule has 5 heteroatoms. The Morgan fingerprint density at radius 2 is 1.72 bits per heavy atom. The van der Waals surface area contributed by atoms with Crippen LogP contribution in [0.4, 0.5) is 0 Å². The first-order chi connectivity index (χ1) is 12.2. The first-order valence-corrected chi connectivity index (χ1v) is 10.2. The summed E-state index contributed by atoms with van der Waals surface area (Å²) in [5.41, 5.74) is 1.94. The van der Waals surface area contributed by atoms with Gasteiger partial charge in [0.05, 0.1) is 14.2 Å². The van der Waals surface area contributed by atoms with Gasteiger partial charge >= 0.3 is 0 Å². The lowest BCUT2D eigenvalue weighted by atomic mass is 9.85. The SMILES string of the molecule is CC.COc1cc2c(cc1OC)C(=O)C(CC1CCN(CP)CC1)C2. The molecule has 25 heavy (non-hydrogen) atoms. The van der Waals surface area contributed by atoms with Gasteiger partial charge in [0.2, 0.25) is 0 Å². The van der Waals surface area contributed by atoms with Crippen LogP contribution < -0.4 is 9.47 Å². The molecular weight excluding hydrogens is 333 g/mol. The fourth-order valence-electron chi connectivity index (χ4n) is 3.89. The quantitative estimate of drug-likeness (QED) is 0.739. The smallest absolute Gasteiger partial charge is 0.166 e. The van der Waals surface area contributed by atoms with Crippen molar-refractivity contribution in [1.82, 2.24) is 4.90 Å². The third-order valence-electron chi connectivity index (χ3n) is 5.30. The normalized spacial score (nSPS) is 20.7. The lowest BCUT2D eigenvalue weighted by Crippen LogP contribution is -2.33. The third kappa shape index (κ3) is 4.54. The van der Waals surface area contributed by atoms with E-state index in [-0.39, 0.29) is 11.7 Å². The number of hydrogen-bond acceptors (Lipinski definition) is 4. The van der Waals surface area contributed by atoms with E-state index in [1.807, 2.05) is 26.0 Å². The largest absolute Gasteiger partial charge is 0.493 e. The summed E-state index contributed by atoms with van der Waals surface area (Å²) in [6, 6.07) is 3.83. The zero-order chi connectivity index (χ0) is 18.4. The maximum Gasteiger partial charge on any atom is 0.166 e. The van der Waals surface area contributed by atoms with Crippen molar-refractivity contribution in [1.29, 1.82) is 0 Å². The number of benzene rings is 1. The number of fused-ring (bicyclic) bond motifs is 1. The van der Waals surface area contributed by atoms with Crippen LogP contribution in [0.1, 0.15) is 49.0 Å². The molecule has 0 aromatic heterocycles. The number of carbonyl (C=O) groups excluding carboxylic acids is 1. The van der Waals surface area contributed by atoms with E-state index in [4.69, 9.17) is 9.47 Å². The van der Waals surface area contributed by atoms with Gasteiger partial charge in [0.25, 0.3) is 0 Å².